The van der Waals surface area contributed by atoms with E-state index in [9.17, 15) is 8.78 Å². The second-order valence-corrected chi connectivity index (χ2v) is 8.27. The molecule has 2 heterocycles. The minimum Gasteiger partial charge on any atom is -0.433 e. The van der Waals surface area contributed by atoms with Gasteiger partial charge in [0.15, 0.2) is 5.96 Å². The van der Waals surface area contributed by atoms with Crippen molar-refractivity contribution in [2.75, 3.05) is 71.4 Å². The van der Waals surface area contributed by atoms with Gasteiger partial charge in [0.2, 0.25) is 0 Å². The maximum absolute atomic E-state index is 12.7. The first kappa shape index (κ1) is 26.8. The number of anilines is 1. The first-order chi connectivity index (χ1) is 15.0. The molecule has 0 bridgehead atoms. The number of nitrogens with one attached hydrogen (secondary N) is 2. The smallest absolute Gasteiger partial charge is 0.387 e. The molecule has 0 amide bonds. The van der Waals surface area contributed by atoms with Gasteiger partial charge in [0, 0.05) is 45.8 Å². The van der Waals surface area contributed by atoms with Crippen molar-refractivity contribution in [3.63, 3.8) is 0 Å². The zero-order valence-electron chi connectivity index (χ0n) is 19.1. The van der Waals surface area contributed by atoms with Gasteiger partial charge in [-0.05, 0) is 58.1 Å². The van der Waals surface area contributed by atoms with Gasteiger partial charge in [0.1, 0.15) is 5.75 Å². The second kappa shape index (κ2) is 14.0. The van der Waals surface area contributed by atoms with E-state index < -0.39 is 6.61 Å². The first-order valence-corrected chi connectivity index (χ1v) is 11.2. The molecule has 7 nitrogen and oxygen atoms in total. The SMILES string of the molecule is CN=C(NCCCN1CCCN(C)CC1)NC1CCN(c2ccccc2OC(F)F)C1.I. The Bertz CT molecular complexity index is 711. The van der Waals surface area contributed by atoms with Gasteiger partial charge in [-0.1, -0.05) is 12.1 Å². The van der Waals surface area contributed by atoms with E-state index in [4.69, 9.17) is 0 Å². The highest BCUT2D eigenvalue weighted by Gasteiger charge is 2.26. The molecule has 32 heavy (non-hydrogen) atoms. The minimum absolute atomic E-state index is 0. The summed E-state index contributed by atoms with van der Waals surface area (Å²) in [4.78, 5) is 11.4. The number of aliphatic imine (C=N–C) groups is 1. The van der Waals surface area contributed by atoms with Gasteiger partial charge in [-0.15, -0.1) is 24.0 Å². The number of ether oxygens (including phenoxy) is 1. The third-order valence-corrected chi connectivity index (χ3v) is 5.93. The molecule has 10 heteroatoms. The standard InChI is InChI=1S/C22H36F2N6O.HI/c1-25-22(26-10-5-12-29-13-6-11-28(2)15-16-29)27-18-9-14-30(17-18)19-7-3-4-8-20(19)31-21(23)24;/h3-4,7-8,18,21H,5-6,9-17H2,1-2H3,(H2,25,26,27);1H. The number of hydrogen-bond donors (Lipinski definition) is 2. The van der Waals surface area contributed by atoms with Crippen molar-refractivity contribution in [3.05, 3.63) is 24.3 Å². The third-order valence-electron chi connectivity index (χ3n) is 5.93. The number of halogens is 3. The molecular formula is C22H37F2IN6O. The van der Waals surface area contributed by atoms with Gasteiger partial charge in [0.05, 0.1) is 5.69 Å². The number of nitrogens with zero attached hydrogens (tertiary/aromatic N) is 4. The van der Waals surface area contributed by atoms with E-state index in [0.29, 0.717) is 12.2 Å². The number of guanidine groups is 1. The number of rotatable bonds is 8. The van der Waals surface area contributed by atoms with Crippen molar-refractivity contribution >= 4 is 35.6 Å². The molecule has 2 saturated heterocycles. The molecule has 182 valence electrons. The predicted molar refractivity (Wildman–Crippen MR) is 137 cm³/mol. The van der Waals surface area contributed by atoms with Crippen molar-refractivity contribution in [2.45, 2.75) is 31.9 Å². The molecular weight excluding hydrogens is 529 g/mol. The van der Waals surface area contributed by atoms with Crippen LogP contribution >= 0.6 is 24.0 Å². The second-order valence-electron chi connectivity index (χ2n) is 8.27. The number of likely N-dealkylation sites (N-methyl/N-ethyl adjacent to an activating group) is 1. The molecule has 0 spiro atoms. The fraction of sp³-hybridized carbons (Fsp3) is 0.682. The fourth-order valence-electron chi connectivity index (χ4n) is 4.23. The monoisotopic (exact) mass is 566 g/mol. The van der Waals surface area contributed by atoms with E-state index in [1.807, 2.05) is 12.1 Å². The van der Waals surface area contributed by atoms with Crippen molar-refractivity contribution < 1.29 is 13.5 Å². The lowest BCUT2D eigenvalue weighted by Gasteiger charge is -2.23. The van der Waals surface area contributed by atoms with Crippen LogP contribution in [-0.4, -0.2) is 94.9 Å². The van der Waals surface area contributed by atoms with Crippen LogP contribution in [0.4, 0.5) is 14.5 Å². The first-order valence-electron chi connectivity index (χ1n) is 11.2. The molecule has 0 aromatic heterocycles. The highest BCUT2D eigenvalue weighted by Crippen LogP contribution is 2.31. The molecule has 0 radical (unpaired) electrons. The summed E-state index contributed by atoms with van der Waals surface area (Å²) < 4.78 is 30.1. The predicted octanol–water partition coefficient (Wildman–Crippen LogP) is 2.68. The van der Waals surface area contributed by atoms with Crippen LogP contribution in [0.3, 0.4) is 0 Å². The van der Waals surface area contributed by atoms with Gasteiger partial charge in [-0.2, -0.15) is 8.78 Å². The molecule has 0 saturated carbocycles. The molecule has 1 aromatic carbocycles. The van der Waals surface area contributed by atoms with Crippen molar-refractivity contribution in [2.24, 2.45) is 4.99 Å². The molecule has 0 aliphatic carbocycles. The number of alkyl halides is 2. The molecule has 3 rings (SSSR count). The molecule has 1 unspecified atom stereocenters. The van der Waals surface area contributed by atoms with Crippen LogP contribution in [-0.2, 0) is 0 Å². The lowest BCUT2D eigenvalue weighted by Crippen LogP contribution is -2.45. The average Bonchev–Trinajstić information content (AvgIpc) is 3.11. The topological polar surface area (TPSA) is 55.4 Å². The van der Waals surface area contributed by atoms with Gasteiger partial charge in [-0.25, -0.2) is 0 Å². The zero-order valence-corrected chi connectivity index (χ0v) is 21.4. The van der Waals surface area contributed by atoms with Crippen molar-refractivity contribution in [1.29, 1.82) is 0 Å². The van der Waals surface area contributed by atoms with Crippen molar-refractivity contribution in [1.82, 2.24) is 20.4 Å². The largest absolute Gasteiger partial charge is 0.433 e. The fourth-order valence-corrected chi connectivity index (χ4v) is 4.23. The summed E-state index contributed by atoms with van der Waals surface area (Å²) in [6.07, 6.45) is 3.21. The van der Waals surface area contributed by atoms with E-state index in [1.165, 1.54) is 19.5 Å². The molecule has 2 aliphatic rings. The summed E-state index contributed by atoms with van der Waals surface area (Å²) in [6, 6.07) is 7.17. The quantitative estimate of drug-likeness (QED) is 0.219. The lowest BCUT2D eigenvalue weighted by atomic mass is 10.2. The normalized spacial score (nSPS) is 20.7. The van der Waals surface area contributed by atoms with Crippen LogP contribution in [0.25, 0.3) is 0 Å². The van der Waals surface area contributed by atoms with Gasteiger partial charge in [0.25, 0.3) is 0 Å². The molecule has 1 atom stereocenters. The summed E-state index contributed by atoms with van der Waals surface area (Å²) in [7, 11) is 3.97. The van der Waals surface area contributed by atoms with Crippen LogP contribution < -0.4 is 20.3 Å². The van der Waals surface area contributed by atoms with Crippen LogP contribution in [0.5, 0.6) is 5.75 Å². The Balaban J connectivity index is 0.00000363. The molecule has 2 fully saturated rings. The van der Waals surface area contributed by atoms with Crippen molar-refractivity contribution in [3.8, 4) is 5.75 Å². The lowest BCUT2D eigenvalue weighted by molar-refractivity contribution is -0.0495. The van der Waals surface area contributed by atoms with Crippen LogP contribution in [0.2, 0.25) is 0 Å². The Labute approximate surface area is 207 Å². The van der Waals surface area contributed by atoms with Crippen LogP contribution in [0, 0.1) is 0 Å². The highest BCUT2D eigenvalue weighted by molar-refractivity contribution is 14.0. The number of benzene rings is 1. The Morgan fingerprint density at radius 1 is 1.19 bits per heavy atom. The Hall–Kier alpha value is -1.40. The molecule has 2 N–H and O–H groups in total. The maximum Gasteiger partial charge on any atom is 0.387 e. The van der Waals surface area contributed by atoms with Gasteiger partial charge < -0.3 is 30.1 Å². The van der Waals surface area contributed by atoms with Gasteiger partial charge in [-0.3, -0.25) is 4.99 Å². The van der Waals surface area contributed by atoms with E-state index >= 15 is 0 Å². The summed E-state index contributed by atoms with van der Waals surface area (Å²) in [5, 5.41) is 6.88. The Morgan fingerprint density at radius 3 is 2.78 bits per heavy atom. The summed E-state index contributed by atoms with van der Waals surface area (Å²) in [6.45, 7) is 5.26. The number of hydrogen-bond acceptors (Lipinski definition) is 5. The van der Waals surface area contributed by atoms with Gasteiger partial charge >= 0.3 is 6.61 Å². The summed E-state index contributed by atoms with van der Waals surface area (Å²) >= 11 is 0. The Kier molecular flexibility index (Phi) is 11.7. The summed E-state index contributed by atoms with van der Waals surface area (Å²) in [5.41, 5.74) is 0.707. The summed E-state index contributed by atoms with van der Waals surface area (Å²) in [5.74, 6) is 1.01. The highest BCUT2D eigenvalue weighted by atomic mass is 127. The van der Waals surface area contributed by atoms with E-state index in [0.717, 1.165) is 51.5 Å². The molecule has 1 aromatic rings. The zero-order chi connectivity index (χ0) is 22.1. The molecule has 2 aliphatic heterocycles. The van der Waals surface area contributed by atoms with E-state index in [1.54, 1.807) is 19.2 Å². The third kappa shape index (κ3) is 8.51. The van der Waals surface area contributed by atoms with Crippen LogP contribution in [0.1, 0.15) is 19.3 Å². The van der Waals surface area contributed by atoms with E-state index in [2.05, 4.69) is 42.1 Å². The van der Waals surface area contributed by atoms with Crippen LogP contribution in [0.15, 0.2) is 29.3 Å². The average molecular weight is 566 g/mol. The minimum atomic E-state index is -2.82. The van der Waals surface area contributed by atoms with E-state index in [-0.39, 0.29) is 35.8 Å². The number of para-hydroxylation sites is 2. The maximum atomic E-state index is 12.7. The Morgan fingerprint density at radius 2 is 2.00 bits per heavy atom.